The topological polar surface area (TPSA) is 545 Å². The lowest BCUT2D eigenvalue weighted by Gasteiger charge is -2.29. The molecule has 42 heteroatoms. The predicted molar refractivity (Wildman–Crippen MR) is 389 cm³/mol. The van der Waals surface area contributed by atoms with Gasteiger partial charge in [-0.1, -0.05) is 48.5 Å². The molecule has 0 bridgehead atoms. The number of carbonyl (C=O) groups is 4. The molecular weight excluding hydrogens is 1480 g/mol. The maximum atomic E-state index is 11.3. The zero-order valence-electron chi connectivity index (χ0n) is 63.0. The lowest BCUT2D eigenvalue weighted by Crippen LogP contribution is -2.47. The van der Waals surface area contributed by atoms with Crippen LogP contribution >= 0.6 is 0 Å². The van der Waals surface area contributed by atoms with Crippen molar-refractivity contribution in [3.05, 3.63) is 143 Å². The number of nitrogens with one attached hydrogen (secondary N) is 2. The molecule has 0 radical (unpaired) electrons. The average molecular weight is 1580 g/mol. The third-order valence-electron chi connectivity index (χ3n) is 17.6. The van der Waals surface area contributed by atoms with E-state index in [1.807, 2.05) is 30.9 Å². The Bertz CT molecular complexity index is 3730. The van der Waals surface area contributed by atoms with Crippen LogP contribution in [0.25, 0.3) is 11.0 Å². The molecule has 42 nitrogen and oxygen atoms in total. The summed E-state index contributed by atoms with van der Waals surface area (Å²) in [7, 11) is 10.5. The molecule has 4 heterocycles. The van der Waals surface area contributed by atoms with E-state index in [-0.39, 0.29) is 85.6 Å². The smallest absolute Gasteiger partial charge is 0.373 e. The molecule has 1 aromatic heterocycles. The van der Waals surface area contributed by atoms with Crippen molar-refractivity contribution in [2.75, 3.05) is 205 Å². The number of nitro benzene ring substituents is 3. The van der Waals surface area contributed by atoms with E-state index < -0.39 is 38.6 Å². The Balaban J connectivity index is 0.000000770. The van der Waals surface area contributed by atoms with Gasteiger partial charge < -0.3 is 50.7 Å². The van der Waals surface area contributed by atoms with E-state index in [0.717, 1.165) is 114 Å². The van der Waals surface area contributed by atoms with Crippen molar-refractivity contribution in [3.8, 4) is 0 Å². The zero-order chi connectivity index (χ0) is 83.9. The Morgan fingerprint density at radius 1 is 0.455 bits per heavy atom. The number of carboxylic acid groups (broad SMARTS) is 4. The fourth-order valence-electron chi connectivity index (χ4n) is 11.6. The maximum Gasteiger partial charge on any atom is 0.373 e. The summed E-state index contributed by atoms with van der Waals surface area (Å²) < 4.78 is 4.78. The lowest BCUT2D eigenvalue weighted by molar-refractivity contribution is -0.385. The Morgan fingerprint density at radius 2 is 0.804 bits per heavy atom. The van der Waals surface area contributed by atoms with Crippen molar-refractivity contribution in [2.45, 2.75) is 37.9 Å². The molecule has 6 N–H and O–H groups in total. The van der Waals surface area contributed by atoms with E-state index >= 15 is 0 Å². The monoisotopic (exact) mass is 1580 g/mol. The van der Waals surface area contributed by atoms with Gasteiger partial charge in [0.1, 0.15) is 5.52 Å². The third-order valence-corrected chi connectivity index (χ3v) is 17.6. The van der Waals surface area contributed by atoms with Crippen molar-refractivity contribution in [3.63, 3.8) is 0 Å². The minimum Gasteiger partial charge on any atom is -0.480 e. The van der Waals surface area contributed by atoms with Crippen LogP contribution in [0.1, 0.15) is 27.8 Å². The largest absolute Gasteiger partial charge is 0.480 e. The summed E-state index contributed by atoms with van der Waals surface area (Å²) in [5, 5.41) is 83.7. The number of hydrogen-bond donors (Lipinski definition) is 6. The molecule has 0 spiro atoms. The molecule has 4 aromatic carbocycles. The minimum absolute atomic E-state index is 0.000247. The highest BCUT2D eigenvalue weighted by molar-refractivity contribution is 5.86. The Morgan fingerprint density at radius 3 is 1.21 bits per heavy atom. The van der Waals surface area contributed by atoms with Gasteiger partial charge in [-0.05, 0) is 98.7 Å². The number of rotatable bonds is 28. The van der Waals surface area contributed by atoms with E-state index in [9.17, 15) is 54.6 Å². The molecule has 2 unspecified atom stereocenters. The number of aromatic nitrogens is 2. The molecule has 3 aliphatic rings. The molecule has 3 saturated heterocycles. The second-order valence-corrected chi connectivity index (χ2v) is 25.7. The third kappa shape index (κ3) is 43.8. The van der Waals surface area contributed by atoms with Crippen molar-refractivity contribution in [1.29, 1.82) is 0 Å². The van der Waals surface area contributed by atoms with Crippen LogP contribution in [0.3, 0.4) is 0 Å². The summed E-state index contributed by atoms with van der Waals surface area (Å²) in [5.74, 6) is -3.58. The van der Waals surface area contributed by atoms with Crippen LogP contribution in [0.4, 0.5) is 17.1 Å². The second kappa shape index (κ2) is 57.8. The summed E-state index contributed by atoms with van der Waals surface area (Å²) in [6.45, 7) is 18.3. The quantitative estimate of drug-likeness (QED) is 0.0259. The van der Waals surface area contributed by atoms with Crippen LogP contribution in [-0.4, -0.2) is 367 Å². The number of hydrogen-bond acceptors (Lipinski definition) is 35. The lowest BCUT2D eigenvalue weighted by atomic mass is 9.99. The number of aliphatic carboxylic acids is 4. The number of carboxylic acids is 4. The normalized spacial score (nSPS) is 15.6. The van der Waals surface area contributed by atoms with Gasteiger partial charge in [-0.2, -0.15) is 47.9 Å². The molecule has 3 fully saturated rings. The SMILES string of the molecule is CN1CCN(CC(=O)O)CCN(CC(Cc2ccc([N+](=O)[O-])cc2)NCC(=O)O)CC1.CN1CCN(CCN(CC(=O)O)Cc2ccc([N+](=O)[O-])cc2)CCN(CC(=O)O)CC1.CNC(Cc1ccc(Cc2ccc([N+](=O)[O-])c3nonc23)cc1)CN1CCN(C)CCN(C)CC1.O=C=O.O=C=O.O=C=O.O=C=O.O=C=O. The molecule has 112 heavy (non-hydrogen) atoms. The average Bonchev–Trinajstić information content (AvgIpc) is 1.62. The van der Waals surface area contributed by atoms with Crippen molar-refractivity contribution in [2.24, 2.45) is 0 Å². The number of non-ortho nitro benzene ring substituents is 3. The van der Waals surface area contributed by atoms with E-state index in [0.29, 0.717) is 89.8 Å². The van der Waals surface area contributed by atoms with Crippen LogP contribution in [0.2, 0.25) is 0 Å². The number of likely N-dealkylation sites (N-methyl/N-ethyl adjacent to an activating group) is 5. The second-order valence-electron chi connectivity index (χ2n) is 25.7. The van der Waals surface area contributed by atoms with Crippen LogP contribution in [0.5, 0.6) is 0 Å². The van der Waals surface area contributed by atoms with E-state index in [2.05, 4.69) is 93.6 Å². The molecule has 0 saturated carbocycles. The molecule has 3 aliphatic heterocycles. The van der Waals surface area contributed by atoms with Crippen LogP contribution in [0, 0.1) is 30.3 Å². The number of nitro groups is 3. The number of benzene rings is 4. The van der Waals surface area contributed by atoms with Gasteiger partial charge >= 0.3 is 60.3 Å². The first-order valence-corrected chi connectivity index (χ1v) is 34.7. The van der Waals surface area contributed by atoms with Crippen LogP contribution < -0.4 is 10.6 Å². The molecule has 0 aliphatic carbocycles. The summed E-state index contributed by atoms with van der Waals surface area (Å²) in [6, 6.07) is 24.4. The van der Waals surface area contributed by atoms with Crippen molar-refractivity contribution >= 4 is 82.7 Å². The first-order valence-electron chi connectivity index (χ1n) is 34.7. The Labute approximate surface area is 643 Å². The number of fused-ring (bicyclic) bond motifs is 1. The van der Waals surface area contributed by atoms with Gasteiger partial charge in [0.05, 0.1) is 40.9 Å². The van der Waals surface area contributed by atoms with E-state index in [1.165, 1.54) is 35.9 Å². The van der Waals surface area contributed by atoms with E-state index in [1.54, 1.807) is 35.2 Å². The highest BCUT2D eigenvalue weighted by Crippen LogP contribution is 2.27. The molecule has 2 atom stereocenters. The summed E-state index contributed by atoms with van der Waals surface area (Å²) in [6.07, 6.45) is 3.33. The van der Waals surface area contributed by atoms with Gasteiger partial charge in [0.25, 0.3) is 11.4 Å². The zero-order valence-corrected chi connectivity index (χ0v) is 63.0. The molecule has 5 aromatic rings. The fraction of sp³-hybridized carbons (Fsp3) is 0.529. The van der Waals surface area contributed by atoms with Crippen LogP contribution in [0.15, 0.2) is 89.6 Å². The summed E-state index contributed by atoms with van der Waals surface area (Å²) in [4.78, 5) is 179. The number of carbonyl (C=O) groups excluding carboxylic acids is 10. The van der Waals surface area contributed by atoms with Gasteiger partial charge in [0.2, 0.25) is 5.52 Å². The molecule has 8 rings (SSSR count). The van der Waals surface area contributed by atoms with Gasteiger partial charge in [0.15, 0.2) is 0 Å². The standard InChI is InChI=1S/C25H35N7O3.2C20H31N5O6.5CO2/c1-26-22(18-31-14-12-29(2)10-11-30(3)13-15-31)17-20-6-4-19(5-7-20)16-21-8-9-23(32(33)34)25-24(21)27-35-28-25;1-21-6-8-22(10-12-23(9-7-21)15-19(26)27)11-13-24(16-20(28)29)14-17-2-4-18(5-3-17)25(30)31;1-22-6-8-23(10-11-24(9-7-22)15-20(28)29)14-17(21-13-19(26)27)12-16-2-4-18(5-3-16)25(30)31;5*2-1-3/h4-9,22,26H,10-18H2,1-3H3;2-5H,6-16H2,1H3,(H,26,27)(H,28,29);2-5,17,21H,6-15H2,1H3,(H,26,27)(H,28,29);;;;;. The van der Waals surface area contributed by atoms with E-state index in [4.69, 9.17) is 67.9 Å². The Hall–Kier alpha value is -11.2. The highest BCUT2D eigenvalue weighted by atomic mass is 16.6. The molecule has 0 amide bonds. The highest BCUT2D eigenvalue weighted by Gasteiger charge is 2.25. The fourth-order valence-corrected chi connectivity index (χ4v) is 11.6. The minimum atomic E-state index is -0.953. The first kappa shape index (κ1) is 98.8. The van der Waals surface area contributed by atoms with Crippen molar-refractivity contribution < 1.29 is 107 Å². The first-order chi connectivity index (χ1) is 53.4. The molecular formula is C70H97N17O25. The van der Waals surface area contributed by atoms with Crippen molar-refractivity contribution in [1.82, 2.24) is 69.9 Å². The van der Waals surface area contributed by atoms with Gasteiger partial charge in [0, 0.05) is 193 Å². The summed E-state index contributed by atoms with van der Waals surface area (Å²) >= 11 is 0. The van der Waals surface area contributed by atoms with Gasteiger partial charge in [-0.15, -0.1) is 0 Å². The maximum absolute atomic E-state index is 11.3. The summed E-state index contributed by atoms with van der Waals surface area (Å²) in [5.41, 5.74) is 5.49. The number of nitrogens with zero attached hydrogens (tertiary/aromatic N) is 15. The van der Waals surface area contributed by atoms with Crippen LogP contribution in [-0.2, 0) is 92.9 Å². The predicted octanol–water partition coefficient (Wildman–Crippen LogP) is -0.957. The Kier molecular flexibility index (Phi) is 51.0. The van der Waals surface area contributed by atoms with Gasteiger partial charge in [-0.25, -0.2) is 4.63 Å². The molecule has 612 valence electrons. The van der Waals surface area contributed by atoms with Gasteiger partial charge in [-0.3, -0.25) is 78.9 Å².